The van der Waals surface area contributed by atoms with E-state index in [0.717, 1.165) is 18.3 Å². The summed E-state index contributed by atoms with van der Waals surface area (Å²) in [7, 11) is 1.62. The van der Waals surface area contributed by atoms with Crippen LogP contribution in [-0.2, 0) is 0 Å². The molecule has 1 atom stereocenters. The van der Waals surface area contributed by atoms with E-state index < -0.39 is 5.92 Å². The largest absolute Gasteiger partial charge is 0.495 e. The molecule has 2 aliphatic heterocycles. The summed E-state index contributed by atoms with van der Waals surface area (Å²) in [6, 6.07) is 9.80. The van der Waals surface area contributed by atoms with Crippen LogP contribution in [0, 0.1) is 18.5 Å². The molecule has 2 aromatic rings. The molecule has 2 aliphatic rings. The van der Waals surface area contributed by atoms with Crippen LogP contribution in [0.4, 0.5) is 0 Å². The minimum Gasteiger partial charge on any atom is -0.495 e. The summed E-state index contributed by atoms with van der Waals surface area (Å²) in [6.07, 6.45) is 0. The van der Waals surface area contributed by atoms with Crippen molar-refractivity contribution < 1.29 is 18.9 Å². The number of hydrogen-bond donors (Lipinski definition) is 1. The monoisotopic (exact) mass is 574 g/mol. The van der Waals surface area contributed by atoms with Crippen LogP contribution in [0.25, 0.3) is 0 Å². The molecule has 2 aromatic carbocycles. The van der Waals surface area contributed by atoms with Crippen molar-refractivity contribution in [2.75, 3.05) is 13.9 Å². The highest BCUT2D eigenvalue weighted by Crippen LogP contribution is 2.50. The summed E-state index contributed by atoms with van der Waals surface area (Å²) in [5, 5.41) is 9.75. The predicted molar refractivity (Wildman–Crippen MR) is 110 cm³/mol. The van der Waals surface area contributed by atoms with Gasteiger partial charge in [0.2, 0.25) is 12.7 Å². The third-order valence-corrected chi connectivity index (χ3v) is 5.69. The van der Waals surface area contributed by atoms with Gasteiger partial charge in [0.05, 0.1) is 16.6 Å². The van der Waals surface area contributed by atoms with Gasteiger partial charge in [-0.15, -0.1) is 0 Å². The molecule has 0 aliphatic carbocycles. The molecule has 0 fully saturated rings. The lowest BCUT2D eigenvalue weighted by Gasteiger charge is -2.28. The zero-order valence-electron chi connectivity index (χ0n) is 13.5. The molecule has 0 saturated carbocycles. The van der Waals surface area contributed by atoms with Crippen LogP contribution in [0.2, 0.25) is 0 Å². The Labute approximate surface area is 177 Å². The lowest BCUT2D eigenvalue weighted by atomic mass is 9.83. The van der Waals surface area contributed by atoms with Crippen LogP contribution in [0.15, 0.2) is 35.7 Å². The van der Waals surface area contributed by atoms with Crippen LogP contribution in [-0.4, -0.2) is 13.9 Å². The smallest absolute Gasteiger partial charge is 0.231 e. The summed E-state index contributed by atoms with van der Waals surface area (Å²) in [4.78, 5) is 0. The lowest BCUT2D eigenvalue weighted by molar-refractivity contribution is 0.174. The summed E-state index contributed by atoms with van der Waals surface area (Å²) in [5.41, 5.74) is 8.04. The molecule has 4 rings (SSSR count). The summed E-state index contributed by atoms with van der Waals surface area (Å²) < 4.78 is 24.3. The van der Waals surface area contributed by atoms with Crippen LogP contribution in [0.1, 0.15) is 17.0 Å². The van der Waals surface area contributed by atoms with Crippen molar-refractivity contribution in [3.63, 3.8) is 0 Å². The lowest BCUT2D eigenvalue weighted by Crippen LogP contribution is -2.21. The van der Waals surface area contributed by atoms with E-state index in [1.807, 2.05) is 18.2 Å². The number of nitrogens with two attached hydrogens (primary N) is 1. The van der Waals surface area contributed by atoms with Crippen LogP contribution >= 0.6 is 45.2 Å². The van der Waals surface area contributed by atoms with Crippen molar-refractivity contribution in [1.29, 1.82) is 5.26 Å². The maximum Gasteiger partial charge on any atom is 0.231 e. The van der Waals surface area contributed by atoms with E-state index >= 15 is 0 Å². The molecule has 0 spiro atoms. The van der Waals surface area contributed by atoms with Crippen molar-refractivity contribution >= 4 is 45.2 Å². The fourth-order valence-electron chi connectivity index (χ4n) is 3.18. The fourth-order valence-corrected chi connectivity index (χ4v) is 5.29. The summed E-state index contributed by atoms with van der Waals surface area (Å²) >= 11 is 4.47. The quantitative estimate of drug-likeness (QED) is 0.549. The second-order valence-electron chi connectivity index (χ2n) is 5.68. The predicted octanol–water partition coefficient (Wildman–Crippen LogP) is 3.85. The first-order valence-electron chi connectivity index (χ1n) is 7.57. The average Bonchev–Trinajstić information content (AvgIpc) is 3.05. The van der Waals surface area contributed by atoms with E-state index in [4.69, 9.17) is 24.7 Å². The maximum atomic E-state index is 9.75. The zero-order chi connectivity index (χ0) is 18.4. The molecule has 0 bridgehead atoms. The first kappa shape index (κ1) is 17.5. The topological polar surface area (TPSA) is 86.7 Å². The highest BCUT2D eigenvalue weighted by molar-refractivity contribution is 14.1. The fraction of sp³-hybridized carbons (Fsp3) is 0.167. The molecule has 0 saturated heterocycles. The van der Waals surface area contributed by atoms with Crippen molar-refractivity contribution in [2.45, 2.75) is 5.92 Å². The van der Waals surface area contributed by atoms with Gasteiger partial charge in [-0.25, -0.2) is 0 Å². The number of halogens is 2. The Balaban J connectivity index is 2.00. The third kappa shape index (κ3) is 2.73. The van der Waals surface area contributed by atoms with Gasteiger partial charge in [-0.1, -0.05) is 0 Å². The highest BCUT2D eigenvalue weighted by Gasteiger charge is 2.35. The number of rotatable bonds is 2. The van der Waals surface area contributed by atoms with Gasteiger partial charge in [0.15, 0.2) is 11.5 Å². The maximum absolute atomic E-state index is 9.75. The zero-order valence-corrected chi connectivity index (χ0v) is 17.8. The van der Waals surface area contributed by atoms with E-state index in [1.165, 1.54) is 0 Å². The Morgan fingerprint density at radius 2 is 1.85 bits per heavy atom. The summed E-state index contributed by atoms with van der Waals surface area (Å²) in [6.45, 7) is 0.154. The van der Waals surface area contributed by atoms with Crippen LogP contribution in [0.3, 0.4) is 0 Å². The van der Waals surface area contributed by atoms with Gasteiger partial charge in [-0.2, -0.15) is 5.26 Å². The van der Waals surface area contributed by atoms with Gasteiger partial charge in [0, 0.05) is 20.8 Å². The molecule has 132 valence electrons. The van der Waals surface area contributed by atoms with Crippen LogP contribution in [0.5, 0.6) is 23.0 Å². The molecule has 6 nitrogen and oxygen atoms in total. The SMILES string of the molecule is COc1c(I)cc(I)cc1C1C(C#N)=C(N)Oc2cc3c(cc21)OCO3. The van der Waals surface area contributed by atoms with Crippen molar-refractivity contribution in [3.8, 4) is 29.1 Å². The first-order chi connectivity index (χ1) is 12.5. The number of methoxy groups -OCH3 is 1. The van der Waals surface area contributed by atoms with Gasteiger partial charge in [0.25, 0.3) is 0 Å². The normalized spacial score (nSPS) is 17.4. The van der Waals surface area contributed by atoms with E-state index in [1.54, 1.807) is 13.2 Å². The second kappa shape index (κ2) is 6.70. The number of allylic oxidation sites excluding steroid dienone is 1. The number of hydrogen-bond acceptors (Lipinski definition) is 6. The van der Waals surface area contributed by atoms with Gasteiger partial charge in [-0.3, -0.25) is 0 Å². The van der Waals surface area contributed by atoms with Crippen molar-refractivity contribution in [1.82, 2.24) is 0 Å². The molecule has 2 heterocycles. The molecule has 1 unspecified atom stereocenters. The molecule has 0 radical (unpaired) electrons. The Bertz CT molecular complexity index is 998. The molecule has 0 aromatic heterocycles. The average molecular weight is 574 g/mol. The molecule has 8 heteroatoms. The highest BCUT2D eigenvalue weighted by atomic mass is 127. The minimum absolute atomic E-state index is 0.0831. The number of nitriles is 1. The molecule has 0 amide bonds. The Morgan fingerprint density at radius 3 is 2.54 bits per heavy atom. The second-order valence-corrected chi connectivity index (χ2v) is 8.09. The molecular formula is C18H12I2N2O4. The molecular weight excluding hydrogens is 562 g/mol. The van der Waals surface area contributed by atoms with Crippen molar-refractivity contribution in [2.24, 2.45) is 5.73 Å². The first-order valence-corrected chi connectivity index (χ1v) is 9.73. The Hall–Kier alpha value is -1.87. The Kier molecular flexibility index (Phi) is 4.52. The minimum atomic E-state index is -0.420. The molecule has 26 heavy (non-hydrogen) atoms. The Morgan fingerprint density at radius 1 is 1.12 bits per heavy atom. The number of nitrogens with zero attached hydrogens (tertiary/aromatic N) is 1. The van der Waals surface area contributed by atoms with E-state index in [-0.39, 0.29) is 12.7 Å². The van der Waals surface area contributed by atoms with E-state index in [9.17, 15) is 5.26 Å². The van der Waals surface area contributed by atoms with Gasteiger partial charge in [-0.05, 0) is 63.4 Å². The van der Waals surface area contributed by atoms with Crippen molar-refractivity contribution in [3.05, 3.63) is 54.0 Å². The van der Waals surface area contributed by atoms with Gasteiger partial charge >= 0.3 is 0 Å². The van der Waals surface area contributed by atoms with E-state index in [0.29, 0.717) is 28.6 Å². The van der Waals surface area contributed by atoms with E-state index in [2.05, 4.69) is 51.3 Å². The number of ether oxygens (including phenoxy) is 4. The van der Waals surface area contributed by atoms with Gasteiger partial charge < -0.3 is 24.7 Å². The summed E-state index contributed by atoms with van der Waals surface area (Å²) in [5.74, 6) is 2.14. The van der Waals surface area contributed by atoms with Gasteiger partial charge in [0.1, 0.15) is 23.1 Å². The number of benzene rings is 2. The molecule has 2 N–H and O–H groups in total. The standard InChI is InChI=1S/C18H12I2N2O4/c1-23-17-10(2-8(19)3-12(17)20)16-9-4-14-15(25-7-24-14)5-13(9)26-18(22)11(16)6-21/h2-5,16H,7,22H2,1H3. The third-order valence-electron chi connectivity index (χ3n) is 4.26. The number of fused-ring (bicyclic) bond motifs is 2. The van der Waals surface area contributed by atoms with Crippen LogP contribution < -0.4 is 24.7 Å².